The largest absolute Gasteiger partial charge is 0.0805 e. The van der Waals surface area contributed by atoms with Crippen LogP contribution in [0.3, 0.4) is 0 Å². The third-order valence-corrected chi connectivity index (χ3v) is 3.66. The molecule has 2 bridgehead atoms. The van der Waals surface area contributed by atoms with Gasteiger partial charge in [0.25, 0.3) is 0 Å². The first-order chi connectivity index (χ1) is 7.95. The van der Waals surface area contributed by atoms with E-state index in [-0.39, 0.29) is 0 Å². The van der Waals surface area contributed by atoms with Crippen molar-refractivity contribution in [2.75, 3.05) is 0 Å². The van der Waals surface area contributed by atoms with Crippen molar-refractivity contribution in [1.82, 2.24) is 0 Å². The van der Waals surface area contributed by atoms with Gasteiger partial charge in [-0.3, -0.25) is 0 Å². The van der Waals surface area contributed by atoms with E-state index in [1.54, 1.807) is 0 Å². The van der Waals surface area contributed by atoms with Crippen molar-refractivity contribution in [3.8, 4) is 0 Å². The molecule has 0 radical (unpaired) electrons. The predicted octanol–water partition coefficient (Wildman–Crippen LogP) is 3.97. The molecule has 16 heavy (non-hydrogen) atoms. The summed E-state index contributed by atoms with van der Waals surface area (Å²) in [6, 6.07) is 0. The fraction of sp³-hybridized carbons (Fsp3) is 0.250. The van der Waals surface area contributed by atoms with Gasteiger partial charge >= 0.3 is 0 Å². The Morgan fingerprint density at radius 3 is 2.56 bits per heavy atom. The topological polar surface area (TPSA) is 0 Å². The number of allylic oxidation sites excluding steroid dienone is 12. The van der Waals surface area contributed by atoms with Gasteiger partial charge < -0.3 is 0 Å². The standard InChI is InChI=1S/C16H16/c1-2-4-10-16-14-8-6-5-7-13(11-12-14)15(16)9-3-1/h1-11,14-16H,12H2. The van der Waals surface area contributed by atoms with Crippen LogP contribution < -0.4 is 0 Å². The molecule has 3 aliphatic carbocycles. The quantitative estimate of drug-likeness (QED) is 0.565. The average molecular weight is 208 g/mol. The van der Waals surface area contributed by atoms with Crippen LogP contribution in [0.2, 0.25) is 0 Å². The van der Waals surface area contributed by atoms with Crippen molar-refractivity contribution in [1.29, 1.82) is 0 Å². The van der Waals surface area contributed by atoms with E-state index in [0.717, 1.165) is 0 Å². The summed E-state index contributed by atoms with van der Waals surface area (Å²) in [6.45, 7) is 0. The Balaban J connectivity index is 2.07. The van der Waals surface area contributed by atoms with Crippen molar-refractivity contribution in [2.45, 2.75) is 6.42 Å². The number of hydrogen-bond acceptors (Lipinski definition) is 0. The fourth-order valence-electron chi connectivity index (χ4n) is 2.82. The second-order valence-electron chi connectivity index (χ2n) is 4.61. The second-order valence-corrected chi connectivity index (χ2v) is 4.61. The maximum atomic E-state index is 2.40. The van der Waals surface area contributed by atoms with E-state index in [0.29, 0.717) is 17.8 Å². The molecule has 0 amide bonds. The highest BCUT2D eigenvalue weighted by atomic mass is 14.3. The minimum absolute atomic E-state index is 0.557. The van der Waals surface area contributed by atoms with E-state index in [4.69, 9.17) is 0 Å². The van der Waals surface area contributed by atoms with Gasteiger partial charge in [0.1, 0.15) is 0 Å². The molecular weight excluding hydrogens is 192 g/mol. The molecule has 0 heterocycles. The molecule has 0 aromatic rings. The van der Waals surface area contributed by atoms with Gasteiger partial charge in [0, 0.05) is 5.92 Å². The molecule has 3 unspecified atom stereocenters. The maximum Gasteiger partial charge on any atom is 0.00866 e. The van der Waals surface area contributed by atoms with Crippen LogP contribution >= 0.6 is 0 Å². The summed E-state index contributed by atoms with van der Waals surface area (Å²) < 4.78 is 0. The third-order valence-electron chi connectivity index (χ3n) is 3.66. The Morgan fingerprint density at radius 2 is 1.62 bits per heavy atom. The number of rotatable bonds is 0. The van der Waals surface area contributed by atoms with Crippen LogP contribution in [0.4, 0.5) is 0 Å². The van der Waals surface area contributed by atoms with Gasteiger partial charge in [-0.15, -0.1) is 0 Å². The molecule has 0 fully saturated rings. The zero-order chi connectivity index (χ0) is 10.8. The lowest BCUT2D eigenvalue weighted by Gasteiger charge is -2.34. The molecule has 0 aliphatic heterocycles. The average Bonchev–Trinajstić information content (AvgIpc) is 2.20. The molecule has 0 aromatic carbocycles. The smallest absolute Gasteiger partial charge is 0.00866 e. The first-order valence-electron chi connectivity index (χ1n) is 6.02. The van der Waals surface area contributed by atoms with Gasteiger partial charge in [-0.1, -0.05) is 66.8 Å². The van der Waals surface area contributed by atoms with Crippen LogP contribution in [0.25, 0.3) is 0 Å². The first kappa shape index (κ1) is 9.65. The summed E-state index contributed by atoms with van der Waals surface area (Å²) >= 11 is 0. The molecule has 3 atom stereocenters. The van der Waals surface area contributed by atoms with Crippen molar-refractivity contribution in [2.24, 2.45) is 17.8 Å². The SMILES string of the molecule is C1=CC=CC2C3C=CC=CC(=CC3)C2C=C1. The molecule has 3 rings (SSSR count). The van der Waals surface area contributed by atoms with Gasteiger partial charge in [0.05, 0.1) is 0 Å². The van der Waals surface area contributed by atoms with Gasteiger partial charge in [-0.05, 0) is 23.8 Å². The van der Waals surface area contributed by atoms with Gasteiger partial charge in [-0.2, -0.15) is 0 Å². The molecule has 0 spiro atoms. The summed E-state index contributed by atoms with van der Waals surface area (Å²) in [4.78, 5) is 0. The summed E-state index contributed by atoms with van der Waals surface area (Å²) in [5.74, 6) is 1.84. The van der Waals surface area contributed by atoms with Crippen molar-refractivity contribution in [3.63, 3.8) is 0 Å². The Hall–Kier alpha value is -1.56. The van der Waals surface area contributed by atoms with E-state index < -0.39 is 0 Å². The zero-order valence-corrected chi connectivity index (χ0v) is 9.29. The van der Waals surface area contributed by atoms with Crippen LogP contribution in [0.1, 0.15) is 6.42 Å². The van der Waals surface area contributed by atoms with Crippen molar-refractivity contribution >= 4 is 0 Å². The van der Waals surface area contributed by atoms with Crippen molar-refractivity contribution in [3.05, 3.63) is 72.4 Å². The Kier molecular flexibility index (Phi) is 2.49. The molecule has 0 heteroatoms. The molecule has 0 saturated heterocycles. The Morgan fingerprint density at radius 1 is 0.812 bits per heavy atom. The molecule has 80 valence electrons. The van der Waals surface area contributed by atoms with Crippen LogP contribution in [0.15, 0.2) is 72.4 Å². The normalized spacial score (nSPS) is 35.0. The summed E-state index contributed by atoms with van der Waals surface area (Å²) in [7, 11) is 0. The Labute approximate surface area is 97.1 Å². The third kappa shape index (κ3) is 1.65. The van der Waals surface area contributed by atoms with Gasteiger partial charge in [0.15, 0.2) is 0 Å². The molecule has 0 N–H and O–H groups in total. The second kappa shape index (κ2) is 4.13. The highest BCUT2D eigenvalue weighted by Crippen LogP contribution is 2.39. The predicted molar refractivity (Wildman–Crippen MR) is 68.9 cm³/mol. The van der Waals surface area contributed by atoms with Crippen LogP contribution in [-0.4, -0.2) is 0 Å². The lowest BCUT2D eigenvalue weighted by Crippen LogP contribution is -2.25. The van der Waals surface area contributed by atoms with Crippen LogP contribution in [-0.2, 0) is 0 Å². The fourth-order valence-corrected chi connectivity index (χ4v) is 2.82. The van der Waals surface area contributed by atoms with Crippen LogP contribution in [0.5, 0.6) is 0 Å². The highest BCUT2D eigenvalue weighted by molar-refractivity contribution is 5.37. The van der Waals surface area contributed by atoms with Crippen LogP contribution in [0, 0.1) is 17.8 Å². The zero-order valence-electron chi connectivity index (χ0n) is 9.29. The Bertz CT molecular complexity index is 441. The van der Waals surface area contributed by atoms with E-state index >= 15 is 0 Å². The molecule has 0 nitrogen and oxygen atoms in total. The summed E-state index contributed by atoms with van der Waals surface area (Å²) in [5.41, 5.74) is 1.47. The minimum Gasteiger partial charge on any atom is -0.0805 e. The van der Waals surface area contributed by atoms with Crippen molar-refractivity contribution < 1.29 is 0 Å². The number of hydrogen-bond donors (Lipinski definition) is 0. The maximum absolute atomic E-state index is 2.40. The van der Waals surface area contributed by atoms with E-state index in [1.165, 1.54) is 12.0 Å². The molecule has 0 saturated carbocycles. The molecule has 3 aliphatic rings. The lowest BCUT2D eigenvalue weighted by atomic mass is 9.70. The van der Waals surface area contributed by atoms with E-state index in [2.05, 4.69) is 66.8 Å². The van der Waals surface area contributed by atoms with E-state index in [1.807, 2.05) is 0 Å². The highest BCUT2D eigenvalue weighted by Gasteiger charge is 2.29. The lowest BCUT2D eigenvalue weighted by molar-refractivity contribution is 0.389. The summed E-state index contributed by atoms with van der Waals surface area (Å²) in [6.07, 6.45) is 25.9. The summed E-state index contributed by atoms with van der Waals surface area (Å²) in [5, 5.41) is 0. The van der Waals surface area contributed by atoms with Gasteiger partial charge in [0.2, 0.25) is 0 Å². The van der Waals surface area contributed by atoms with E-state index in [9.17, 15) is 0 Å². The minimum atomic E-state index is 0.557. The molecule has 0 aromatic heterocycles. The monoisotopic (exact) mass is 208 g/mol. The molecular formula is C16H16. The first-order valence-corrected chi connectivity index (χ1v) is 6.02. The van der Waals surface area contributed by atoms with Gasteiger partial charge in [-0.25, -0.2) is 0 Å².